The van der Waals surface area contributed by atoms with Gasteiger partial charge in [0.2, 0.25) is 0 Å². The summed E-state index contributed by atoms with van der Waals surface area (Å²) in [7, 11) is 0. The Morgan fingerprint density at radius 2 is 1.95 bits per heavy atom. The Kier molecular flexibility index (Phi) is 2.89. The highest BCUT2D eigenvalue weighted by Crippen LogP contribution is 2.17. The molecule has 1 aromatic carbocycles. The van der Waals surface area contributed by atoms with Crippen molar-refractivity contribution in [2.45, 2.75) is 6.92 Å². The maximum atomic E-state index is 4.42. The van der Waals surface area contributed by atoms with Gasteiger partial charge in [-0.05, 0) is 6.92 Å². The van der Waals surface area contributed by atoms with Gasteiger partial charge in [-0.2, -0.15) is 10.2 Å². The summed E-state index contributed by atoms with van der Waals surface area (Å²) >= 11 is 0. The number of rotatable bonds is 3. The number of benzene rings is 1. The van der Waals surface area contributed by atoms with Crippen molar-refractivity contribution >= 4 is 11.6 Å². The molecule has 0 aliphatic heterocycles. The van der Waals surface area contributed by atoms with Crippen molar-refractivity contribution in [1.82, 2.24) is 25.4 Å². The van der Waals surface area contributed by atoms with E-state index in [4.69, 9.17) is 0 Å². The zero-order valence-corrected chi connectivity index (χ0v) is 10.3. The van der Waals surface area contributed by atoms with E-state index in [2.05, 4.69) is 30.7 Å². The van der Waals surface area contributed by atoms with Gasteiger partial charge in [-0.25, -0.2) is 4.98 Å². The van der Waals surface area contributed by atoms with E-state index >= 15 is 0 Å². The maximum Gasteiger partial charge on any atom is 0.183 e. The summed E-state index contributed by atoms with van der Waals surface area (Å²) in [5.74, 6) is 1.97. The molecule has 6 nitrogen and oxygen atoms in total. The Labute approximate surface area is 109 Å². The molecule has 3 rings (SSSR count). The molecule has 94 valence electrons. The second-order valence-corrected chi connectivity index (χ2v) is 4.13. The van der Waals surface area contributed by atoms with Crippen molar-refractivity contribution in [1.29, 1.82) is 0 Å². The van der Waals surface area contributed by atoms with E-state index in [0.29, 0.717) is 11.6 Å². The van der Waals surface area contributed by atoms with Crippen LogP contribution in [0.5, 0.6) is 0 Å². The van der Waals surface area contributed by atoms with Gasteiger partial charge in [0.1, 0.15) is 5.82 Å². The molecule has 0 unspecified atom stereocenters. The van der Waals surface area contributed by atoms with Gasteiger partial charge in [0.15, 0.2) is 11.6 Å². The first kappa shape index (κ1) is 11.3. The molecule has 0 fully saturated rings. The average Bonchev–Trinajstić information content (AvgIpc) is 2.93. The molecule has 0 bridgehead atoms. The standard InChI is InChI=1S/C13H12N6/c1-9-2-4-10(5-3-9)13-17-12(8-15-19-13)16-11-6-7-14-18-11/h2-8H,1H3,(H2,14,16,17,18,19). The van der Waals surface area contributed by atoms with Crippen molar-refractivity contribution < 1.29 is 0 Å². The van der Waals surface area contributed by atoms with Gasteiger partial charge in [-0.1, -0.05) is 29.8 Å². The molecule has 0 aliphatic carbocycles. The Balaban J connectivity index is 1.89. The molecule has 19 heavy (non-hydrogen) atoms. The van der Waals surface area contributed by atoms with Crippen LogP contribution in [-0.2, 0) is 0 Å². The topological polar surface area (TPSA) is 79.4 Å². The first-order valence-corrected chi connectivity index (χ1v) is 5.84. The second kappa shape index (κ2) is 4.85. The van der Waals surface area contributed by atoms with Crippen LogP contribution in [0.25, 0.3) is 11.4 Å². The number of nitrogens with zero attached hydrogens (tertiary/aromatic N) is 4. The molecular formula is C13H12N6. The van der Waals surface area contributed by atoms with E-state index < -0.39 is 0 Å². The van der Waals surface area contributed by atoms with Crippen LogP contribution in [0.2, 0.25) is 0 Å². The summed E-state index contributed by atoms with van der Waals surface area (Å²) in [5.41, 5.74) is 2.13. The third-order valence-corrected chi connectivity index (χ3v) is 2.63. The maximum absolute atomic E-state index is 4.42. The Hall–Kier alpha value is -2.76. The molecule has 0 saturated heterocycles. The zero-order chi connectivity index (χ0) is 13.1. The van der Waals surface area contributed by atoms with Crippen LogP contribution in [0, 0.1) is 6.92 Å². The lowest BCUT2D eigenvalue weighted by Crippen LogP contribution is -1.99. The summed E-state index contributed by atoms with van der Waals surface area (Å²) in [4.78, 5) is 4.42. The number of nitrogens with one attached hydrogen (secondary N) is 2. The first-order chi connectivity index (χ1) is 9.31. The molecule has 0 radical (unpaired) electrons. The van der Waals surface area contributed by atoms with E-state index in [1.165, 1.54) is 5.56 Å². The number of hydrogen-bond acceptors (Lipinski definition) is 5. The van der Waals surface area contributed by atoms with Crippen LogP contribution < -0.4 is 5.32 Å². The fourth-order valence-electron chi connectivity index (χ4n) is 1.65. The van der Waals surface area contributed by atoms with Crippen molar-refractivity contribution in [3.63, 3.8) is 0 Å². The highest BCUT2D eigenvalue weighted by molar-refractivity contribution is 5.58. The van der Waals surface area contributed by atoms with Crippen molar-refractivity contribution in [2.24, 2.45) is 0 Å². The summed E-state index contributed by atoms with van der Waals surface area (Å²) in [6, 6.07) is 9.81. The van der Waals surface area contributed by atoms with Crippen molar-refractivity contribution in [3.8, 4) is 11.4 Å². The first-order valence-electron chi connectivity index (χ1n) is 5.84. The predicted octanol–water partition coefficient (Wildman–Crippen LogP) is 2.31. The van der Waals surface area contributed by atoms with Crippen LogP contribution >= 0.6 is 0 Å². The molecule has 0 amide bonds. The average molecular weight is 252 g/mol. The SMILES string of the molecule is Cc1ccc(-c2nncc(Nc3ccn[nH]3)n2)cc1. The van der Waals surface area contributed by atoms with Crippen LogP contribution in [0.15, 0.2) is 42.7 Å². The molecular weight excluding hydrogens is 240 g/mol. The fourth-order valence-corrected chi connectivity index (χ4v) is 1.65. The molecule has 2 aromatic heterocycles. The molecule has 0 saturated carbocycles. The predicted molar refractivity (Wildman–Crippen MR) is 71.9 cm³/mol. The zero-order valence-electron chi connectivity index (χ0n) is 10.3. The van der Waals surface area contributed by atoms with Crippen LogP contribution in [0.4, 0.5) is 11.6 Å². The largest absolute Gasteiger partial charge is 0.324 e. The number of aromatic nitrogens is 5. The molecule has 2 heterocycles. The molecule has 0 spiro atoms. The number of aromatic amines is 1. The number of aryl methyl sites for hydroxylation is 1. The lowest BCUT2D eigenvalue weighted by Gasteiger charge is -2.04. The number of hydrogen-bond donors (Lipinski definition) is 2. The molecule has 0 atom stereocenters. The number of H-pyrrole nitrogens is 1. The summed E-state index contributed by atoms with van der Waals surface area (Å²) < 4.78 is 0. The normalized spacial score (nSPS) is 10.4. The van der Waals surface area contributed by atoms with E-state index in [9.17, 15) is 0 Å². The van der Waals surface area contributed by atoms with E-state index in [1.54, 1.807) is 12.4 Å². The van der Waals surface area contributed by atoms with Crippen molar-refractivity contribution in [3.05, 3.63) is 48.3 Å². The minimum absolute atomic E-state index is 0.588. The fraction of sp³-hybridized carbons (Fsp3) is 0.0769. The minimum atomic E-state index is 0.588. The van der Waals surface area contributed by atoms with Gasteiger partial charge in [0.25, 0.3) is 0 Å². The molecule has 3 aromatic rings. The highest BCUT2D eigenvalue weighted by atomic mass is 15.2. The van der Waals surface area contributed by atoms with Gasteiger partial charge in [-0.15, -0.1) is 5.10 Å². The lowest BCUT2D eigenvalue weighted by atomic mass is 10.1. The van der Waals surface area contributed by atoms with E-state index in [0.717, 1.165) is 11.4 Å². The third kappa shape index (κ3) is 2.57. The van der Waals surface area contributed by atoms with Gasteiger partial charge < -0.3 is 5.32 Å². The summed E-state index contributed by atoms with van der Waals surface area (Å²) in [5, 5.41) is 17.7. The Morgan fingerprint density at radius 1 is 1.11 bits per heavy atom. The molecule has 6 heteroatoms. The highest BCUT2D eigenvalue weighted by Gasteiger charge is 2.04. The summed E-state index contributed by atoms with van der Waals surface area (Å²) in [6.45, 7) is 2.04. The van der Waals surface area contributed by atoms with E-state index in [-0.39, 0.29) is 0 Å². The van der Waals surface area contributed by atoms with Gasteiger partial charge >= 0.3 is 0 Å². The second-order valence-electron chi connectivity index (χ2n) is 4.13. The van der Waals surface area contributed by atoms with Gasteiger partial charge in [0.05, 0.1) is 12.4 Å². The van der Waals surface area contributed by atoms with Crippen LogP contribution in [0.1, 0.15) is 5.56 Å². The van der Waals surface area contributed by atoms with Crippen LogP contribution in [-0.4, -0.2) is 25.4 Å². The lowest BCUT2D eigenvalue weighted by molar-refractivity contribution is 0.980. The monoisotopic (exact) mass is 252 g/mol. The Bertz CT molecular complexity index is 660. The van der Waals surface area contributed by atoms with Crippen LogP contribution in [0.3, 0.4) is 0 Å². The molecule has 0 aliphatic rings. The summed E-state index contributed by atoms with van der Waals surface area (Å²) in [6.07, 6.45) is 3.23. The van der Waals surface area contributed by atoms with Crippen molar-refractivity contribution in [2.75, 3.05) is 5.32 Å². The molecule has 2 N–H and O–H groups in total. The van der Waals surface area contributed by atoms with Gasteiger partial charge in [-0.3, -0.25) is 5.10 Å². The third-order valence-electron chi connectivity index (χ3n) is 2.63. The quantitative estimate of drug-likeness (QED) is 0.747. The van der Waals surface area contributed by atoms with Gasteiger partial charge in [0, 0.05) is 11.6 Å². The van der Waals surface area contributed by atoms with E-state index in [1.807, 2.05) is 37.3 Å². The number of anilines is 2. The Morgan fingerprint density at radius 3 is 2.68 bits per heavy atom. The smallest absolute Gasteiger partial charge is 0.183 e. The minimum Gasteiger partial charge on any atom is -0.324 e.